The van der Waals surface area contributed by atoms with Crippen LogP contribution in [0.2, 0.25) is 0 Å². The zero-order valence-electron chi connectivity index (χ0n) is 9.66. The quantitative estimate of drug-likeness (QED) is 0.752. The summed E-state index contributed by atoms with van der Waals surface area (Å²) in [6, 6.07) is 5.05. The van der Waals surface area contributed by atoms with Gasteiger partial charge in [-0.2, -0.15) is 0 Å². The molecule has 16 heavy (non-hydrogen) atoms. The highest BCUT2D eigenvalue weighted by atomic mass is 19.1. The van der Waals surface area contributed by atoms with E-state index in [1.165, 1.54) is 6.07 Å². The first-order valence-corrected chi connectivity index (χ1v) is 5.68. The third-order valence-corrected chi connectivity index (χ3v) is 3.27. The summed E-state index contributed by atoms with van der Waals surface area (Å²) in [5, 5.41) is 0. The predicted molar refractivity (Wildman–Crippen MR) is 60.1 cm³/mol. The summed E-state index contributed by atoms with van der Waals surface area (Å²) in [6.07, 6.45) is 0.828. The highest BCUT2D eigenvalue weighted by Crippen LogP contribution is 2.26. The molecule has 2 rings (SSSR count). The number of halogens is 1. The third kappa shape index (κ3) is 1.82. The second-order valence-electron chi connectivity index (χ2n) is 4.38. The van der Waals surface area contributed by atoms with E-state index in [0.717, 1.165) is 12.0 Å². The Morgan fingerprint density at radius 3 is 2.88 bits per heavy atom. The molecule has 1 aliphatic heterocycles. The topological polar surface area (TPSA) is 20.3 Å². The van der Waals surface area contributed by atoms with Crippen molar-refractivity contribution in [1.82, 2.24) is 4.90 Å². The fourth-order valence-corrected chi connectivity index (χ4v) is 2.02. The van der Waals surface area contributed by atoms with Gasteiger partial charge < -0.3 is 4.90 Å². The van der Waals surface area contributed by atoms with Crippen LogP contribution in [0, 0.1) is 11.7 Å². The second kappa shape index (κ2) is 4.24. The van der Waals surface area contributed by atoms with E-state index in [2.05, 4.69) is 0 Å². The molecule has 1 aliphatic rings. The van der Waals surface area contributed by atoms with E-state index >= 15 is 0 Å². The molecule has 0 saturated carbocycles. The lowest BCUT2D eigenvalue weighted by molar-refractivity contribution is -0.135. The molecule has 0 saturated heterocycles. The number of hydrogen-bond acceptors (Lipinski definition) is 1. The molecule has 86 valence electrons. The van der Waals surface area contributed by atoms with Crippen LogP contribution >= 0.6 is 0 Å². The zero-order valence-corrected chi connectivity index (χ0v) is 9.66. The molecule has 1 heterocycles. The summed E-state index contributed by atoms with van der Waals surface area (Å²) < 4.78 is 13.5. The van der Waals surface area contributed by atoms with E-state index in [4.69, 9.17) is 0 Å². The van der Waals surface area contributed by atoms with Gasteiger partial charge >= 0.3 is 0 Å². The molecule has 0 aliphatic carbocycles. The van der Waals surface area contributed by atoms with Crippen LogP contribution in [0.15, 0.2) is 18.2 Å². The Kier molecular flexibility index (Phi) is 2.95. The molecule has 0 unspecified atom stereocenters. The molecule has 0 N–H and O–H groups in total. The molecule has 1 aromatic rings. The molecular weight excluding hydrogens is 205 g/mol. The van der Waals surface area contributed by atoms with Crippen molar-refractivity contribution in [2.24, 2.45) is 5.92 Å². The van der Waals surface area contributed by atoms with E-state index in [1.807, 2.05) is 19.9 Å². The van der Waals surface area contributed by atoms with E-state index < -0.39 is 0 Å². The Hall–Kier alpha value is -1.38. The van der Waals surface area contributed by atoms with Gasteiger partial charge in [-0.3, -0.25) is 4.79 Å². The number of carbonyl (C=O) groups is 1. The van der Waals surface area contributed by atoms with Crippen molar-refractivity contribution in [3.05, 3.63) is 35.1 Å². The Balaban J connectivity index is 2.17. The van der Waals surface area contributed by atoms with Crippen LogP contribution in [0.1, 0.15) is 31.4 Å². The maximum absolute atomic E-state index is 13.5. The second-order valence-corrected chi connectivity index (χ2v) is 4.38. The number of carbonyl (C=O) groups excluding carboxylic acids is 1. The predicted octanol–water partition coefficient (Wildman–Crippen LogP) is 2.71. The van der Waals surface area contributed by atoms with Gasteiger partial charge in [0.25, 0.3) is 0 Å². The van der Waals surface area contributed by atoms with E-state index in [0.29, 0.717) is 18.7 Å². The minimum atomic E-state index is -0.197. The summed E-state index contributed by atoms with van der Waals surface area (Å²) in [5.74, 6) is -0.0487. The van der Waals surface area contributed by atoms with Crippen LogP contribution in [0.4, 0.5) is 4.39 Å². The average molecular weight is 221 g/mol. The molecule has 0 bridgehead atoms. The van der Waals surface area contributed by atoms with Crippen molar-refractivity contribution >= 4 is 5.91 Å². The lowest BCUT2D eigenvalue weighted by atomic mass is 10.1. The zero-order chi connectivity index (χ0) is 11.7. The highest BCUT2D eigenvalue weighted by Gasteiger charge is 2.27. The Labute approximate surface area is 95.1 Å². The maximum Gasteiger partial charge on any atom is 0.225 e. The van der Waals surface area contributed by atoms with Crippen LogP contribution < -0.4 is 0 Å². The Morgan fingerprint density at radius 2 is 2.25 bits per heavy atom. The molecule has 1 aromatic carbocycles. The summed E-state index contributed by atoms with van der Waals surface area (Å²) in [4.78, 5) is 13.7. The van der Waals surface area contributed by atoms with Crippen LogP contribution in [-0.2, 0) is 17.9 Å². The Bertz CT molecular complexity index is 416. The first-order valence-electron chi connectivity index (χ1n) is 5.68. The third-order valence-electron chi connectivity index (χ3n) is 3.27. The highest BCUT2D eigenvalue weighted by molar-refractivity contribution is 5.79. The van der Waals surface area contributed by atoms with Crippen molar-refractivity contribution in [2.75, 3.05) is 0 Å². The van der Waals surface area contributed by atoms with Crippen LogP contribution in [0.3, 0.4) is 0 Å². The number of benzene rings is 1. The van der Waals surface area contributed by atoms with Crippen molar-refractivity contribution in [1.29, 1.82) is 0 Å². The smallest absolute Gasteiger partial charge is 0.225 e. The van der Waals surface area contributed by atoms with Gasteiger partial charge in [-0.1, -0.05) is 26.0 Å². The molecule has 1 atom stereocenters. The van der Waals surface area contributed by atoms with Gasteiger partial charge in [0.2, 0.25) is 5.91 Å². The lowest BCUT2D eigenvalue weighted by Crippen LogP contribution is -2.30. The van der Waals surface area contributed by atoms with Crippen molar-refractivity contribution in [3.8, 4) is 0 Å². The number of fused-ring (bicyclic) bond motifs is 1. The molecule has 3 heteroatoms. The van der Waals surface area contributed by atoms with Gasteiger partial charge in [0, 0.05) is 24.6 Å². The number of rotatable bonds is 2. The van der Waals surface area contributed by atoms with Crippen molar-refractivity contribution in [3.63, 3.8) is 0 Å². The Morgan fingerprint density at radius 1 is 1.50 bits per heavy atom. The lowest BCUT2D eigenvalue weighted by Gasteiger charge is -2.19. The average Bonchev–Trinajstić information content (AvgIpc) is 2.72. The van der Waals surface area contributed by atoms with Gasteiger partial charge in [0.15, 0.2) is 0 Å². The fraction of sp³-hybridized carbons (Fsp3) is 0.462. The minimum Gasteiger partial charge on any atom is -0.334 e. The molecular formula is C13H16FNO. The van der Waals surface area contributed by atoms with Crippen LogP contribution in [0.5, 0.6) is 0 Å². The van der Waals surface area contributed by atoms with Gasteiger partial charge in [0.1, 0.15) is 5.82 Å². The molecule has 0 spiro atoms. The summed E-state index contributed by atoms with van der Waals surface area (Å²) >= 11 is 0. The van der Waals surface area contributed by atoms with Crippen LogP contribution in [-0.4, -0.2) is 10.8 Å². The number of nitrogens with zero attached hydrogens (tertiary/aromatic N) is 1. The molecule has 0 radical (unpaired) electrons. The molecule has 2 nitrogen and oxygen atoms in total. The monoisotopic (exact) mass is 221 g/mol. The normalized spacial score (nSPS) is 16.1. The van der Waals surface area contributed by atoms with E-state index in [9.17, 15) is 9.18 Å². The molecule has 0 aromatic heterocycles. The standard InChI is InChI=1S/C13H16FNO/c1-3-9(2)13(16)15-7-10-5-4-6-12(14)11(10)8-15/h4-6,9H,3,7-8H2,1-2H3/t9-/m1/s1. The summed E-state index contributed by atoms with van der Waals surface area (Å²) in [7, 11) is 0. The SMILES string of the molecule is CC[C@@H](C)C(=O)N1Cc2cccc(F)c2C1. The van der Waals surface area contributed by atoms with Crippen molar-refractivity contribution in [2.45, 2.75) is 33.4 Å². The van der Waals surface area contributed by atoms with Crippen molar-refractivity contribution < 1.29 is 9.18 Å². The van der Waals surface area contributed by atoms with E-state index in [-0.39, 0.29) is 17.6 Å². The fourth-order valence-electron chi connectivity index (χ4n) is 2.02. The van der Waals surface area contributed by atoms with Gasteiger partial charge in [-0.15, -0.1) is 0 Å². The van der Waals surface area contributed by atoms with Gasteiger partial charge in [-0.25, -0.2) is 4.39 Å². The minimum absolute atomic E-state index is 0.0253. The number of amides is 1. The van der Waals surface area contributed by atoms with Crippen LogP contribution in [0.25, 0.3) is 0 Å². The molecule has 0 fully saturated rings. The first-order chi connectivity index (χ1) is 7.63. The number of hydrogen-bond donors (Lipinski definition) is 0. The maximum atomic E-state index is 13.5. The first kappa shape index (κ1) is 11.1. The molecule has 1 amide bonds. The van der Waals surface area contributed by atoms with E-state index in [1.54, 1.807) is 11.0 Å². The summed E-state index contributed by atoms with van der Waals surface area (Å²) in [5.41, 5.74) is 1.62. The van der Waals surface area contributed by atoms with Gasteiger partial charge in [0.05, 0.1) is 0 Å². The van der Waals surface area contributed by atoms with Gasteiger partial charge in [-0.05, 0) is 18.1 Å². The largest absolute Gasteiger partial charge is 0.334 e. The summed E-state index contributed by atoms with van der Waals surface area (Å²) in [6.45, 7) is 4.88.